The molecule has 0 fully saturated rings. The van der Waals surface area contributed by atoms with Crippen LogP contribution in [-0.4, -0.2) is 9.97 Å². The number of hydrogen-bond donors (Lipinski definition) is 3. The topological polar surface area (TPSA) is 104 Å². The molecule has 0 saturated carbocycles. The Balaban J connectivity index is 0.000000325. The van der Waals surface area contributed by atoms with Crippen LogP contribution in [0.4, 0.5) is 17.5 Å². The quantitative estimate of drug-likeness (QED) is 0.429. The van der Waals surface area contributed by atoms with Crippen molar-refractivity contribution in [3.05, 3.63) is 17.8 Å². The van der Waals surface area contributed by atoms with E-state index in [0.29, 0.717) is 0 Å². The SMILES string of the molecule is C=CCCCC.Nc1nc(N)c(N)c(Cl)n1. The molecule has 5 nitrogen and oxygen atoms in total. The number of nitrogen functional groups attached to an aromatic ring is 3. The molecule has 0 bridgehead atoms. The molecule has 1 aromatic rings. The van der Waals surface area contributed by atoms with Crippen molar-refractivity contribution in [1.29, 1.82) is 0 Å². The first-order valence-electron chi connectivity index (χ1n) is 4.97. The lowest BCUT2D eigenvalue weighted by Gasteiger charge is -2.00. The number of allylic oxidation sites excluding steroid dienone is 1. The first kappa shape index (κ1) is 14.5. The Bertz CT molecular complexity index is 317. The van der Waals surface area contributed by atoms with Gasteiger partial charge in [-0.3, -0.25) is 0 Å². The second-order valence-electron chi connectivity index (χ2n) is 3.10. The summed E-state index contributed by atoms with van der Waals surface area (Å²) >= 11 is 5.48. The van der Waals surface area contributed by atoms with Gasteiger partial charge in [-0.05, 0) is 6.42 Å². The zero-order valence-electron chi connectivity index (χ0n) is 9.41. The van der Waals surface area contributed by atoms with Crippen molar-refractivity contribution >= 4 is 29.1 Å². The maximum Gasteiger partial charge on any atom is 0.223 e. The van der Waals surface area contributed by atoms with Crippen LogP contribution in [0.3, 0.4) is 0 Å². The molecule has 1 aromatic heterocycles. The maximum absolute atomic E-state index is 5.48. The van der Waals surface area contributed by atoms with Gasteiger partial charge < -0.3 is 17.2 Å². The number of hydrogen-bond acceptors (Lipinski definition) is 5. The number of nitrogens with two attached hydrogens (primary N) is 3. The summed E-state index contributed by atoms with van der Waals surface area (Å²) in [5.74, 6) is 0.134. The van der Waals surface area contributed by atoms with Crippen molar-refractivity contribution in [2.24, 2.45) is 0 Å². The van der Waals surface area contributed by atoms with Crippen molar-refractivity contribution < 1.29 is 0 Å². The summed E-state index contributed by atoms with van der Waals surface area (Å²) in [5.41, 5.74) is 15.9. The van der Waals surface area contributed by atoms with E-state index in [1.165, 1.54) is 19.3 Å². The molecular formula is C10H18ClN5. The minimum Gasteiger partial charge on any atom is -0.393 e. The first-order valence-corrected chi connectivity index (χ1v) is 5.35. The second kappa shape index (κ2) is 7.76. The van der Waals surface area contributed by atoms with Gasteiger partial charge in [0.05, 0.1) is 0 Å². The molecule has 0 radical (unpaired) electrons. The molecule has 0 aliphatic carbocycles. The van der Waals surface area contributed by atoms with Crippen LogP contribution in [0.5, 0.6) is 0 Å². The molecule has 90 valence electrons. The van der Waals surface area contributed by atoms with Crippen LogP contribution in [0.2, 0.25) is 5.15 Å². The summed E-state index contributed by atoms with van der Waals surface area (Å²) < 4.78 is 0. The minimum atomic E-state index is 0.0247. The Labute approximate surface area is 101 Å². The number of anilines is 3. The maximum atomic E-state index is 5.48. The molecule has 0 atom stereocenters. The average molecular weight is 244 g/mol. The average Bonchev–Trinajstić information content (AvgIpc) is 2.23. The summed E-state index contributed by atoms with van der Waals surface area (Å²) in [6.45, 7) is 5.78. The molecule has 0 amide bonds. The van der Waals surface area contributed by atoms with Gasteiger partial charge in [0, 0.05) is 0 Å². The summed E-state index contributed by atoms with van der Waals surface area (Å²) in [5, 5.41) is 0.0880. The van der Waals surface area contributed by atoms with Crippen molar-refractivity contribution in [2.75, 3.05) is 17.2 Å². The molecule has 6 N–H and O–H groups in total. The largest absolute Gasteiger partial charge is 0.393 e. The summed E-state index contributed by atoms with van der Waals surface area (Å²) in [6.07, 6.45) is 5.72. The zero-order valence-corrected chi connectivity index (χ0v) is 10.2. The molecule has 0 spiro atoms. The molecule has 0 saturated heterocycles. The van der Waals surface area contributed by atoms with Gasteiger partial charge in [-0.2, -0.15) is 9.97 Å². The van der Waals surface area contributed by atoms with Gasteiger partial charge in [0.25, 0.3) is 0 Å². The highest BCUT2D eigenvalue weighted by atomic mass is 35.5. The van der Waals surface area contributed by atoms with Gasteiger partial charge in [0.15, 0.2) is 11.0 Å². The normalized spacial score (nSPS) is 9.12. The fraction of sp³-hybridized carbons (Fsp3) is 0.400. The molecule has 6 heteroatoms. The van der Waals surface area contributed by atoms with Crippen LogP contribution in [0.25, 0.3) is 0 Å². The zero-order chi connectivity index (χ0) is 12.6. The van der Waals surface area contributed by atoms with Crippen LogP contribution in [-0.2, 0) is 0 Å². The van der Waals surface area contributed by atoms with Crippen LogP contribution in [0, 0.1) is 0 Å². The third-order valence-electron chi connectivity index (χ3n) is 1.71. The van der Waals surface area contributed by atoms with E-state index in [9.17, 15) is 0 Å². The predicted octanol–water partition coefficient (Wildman–Crippen LogP) is 2.24. The first-order chi connectivity index (χ1) is 7.52. The highest BCUT2D eigenvalue weighted by Gasteiger charge is 2.03. The van der Waals surface area contributed by atoms with E-state index in [-0.39, 0.29) is 22.6 Å². The van der Waals surface area contributed by atoms with Gasteiger partial charge in [0.2, 0.25) is 5.95 Å². The Hall–Kier alpha value is -1.49. The highest BCUT2D eigenvalue weighted by molar-refractivity contribution is 6.32. The lowest BCUT2D eigenvalue weighted by molar-refractivity contribution is 0.816. The fourth-order valence-corrected chi connectivity index (χ4v) is 1.01. The van der Waals surface area contributed by atoms with Gasteiger partial charge >= 0.3 is 0 Å². The third-order valence-corrected chi connectivity index (χ3v) is 2.00. The fourth-order valence-electron chi connectivity index (χ4n) is 0.824. The van der Waals surface area contributed by atoms with Gasteiger partial charge in [0.1, 0.15) is 5.69 Å². The van der Waals surface area contributed by atoms with Crippen molar-refractivity contribution in [2.45, 2.75) is 26.2 Å². The third kappa shape index (κ3) is 5.41. The predicted molar refractivity (Wildman–Crippen MR) is 70.0 cm³/mol. The highest BCUT2D eigenvalue weighted by Crippen LogP contribution is 2.20. The Kier molecular flexibility index (Phi) is 7.03. The van der Waals surface area contributed by atoms with Crippen LogP contribution in [0.1, 0.15) is 26.2 Å². The van der Waals surface area contributed by atoms with E-state index in [1.807, 2.05) is 6.08 Å². The molecule has 0 aromatic carbocycles. The number of nitrogens with zero attached hydrogens (tertiary/aromatic N) is 2. The monoisotopic (exact) mass is 243 g/mol. The summed E-state index contributed by atoms with van der Waals surface area (Å²) in [7, 11) is 0. The summed E-state index contributed by atoms with van der Waals surface area (Å²) in [6, 6.07) is 0. The molecule has 0 unspecified atom stereocenters. The molecule has 1 rings (SSSR count). The Morgan fingerprint density at radius 2 is 1.94 bits per heavy atom. The van der Waals surface area contributed by atoms with Crippen molar-refractivity contribution in [1.82, 2.24) is 9.97 Å². The minimum absolute atomic E-state index is 0.0247. The smallest absolute Gasteiger partial charge is 0.223 e. The van der Waals surface area contributed by atoms with E-state index >= 15 is 0 Å². The second-order valence-corrected chi connectivity index (χ2v) is 3.46. The molecular weight excluding hydrogens is 226 g/mol. The van der Waals surface area contributed by atoms with Gasteiger partial charge in [-0.15, -0.1) is 6.58 Å². The van der Waals surface area contributed by atoms with E-state index in [4.69, 9.17) is 28.8 Å². The summed E-state index contributed by atoms with van der Waals surface area (Å²) in [4.78, 5) is 7.13. The molecule has 0 aliphatic heterocycles. The molecule has 16 heavy (non-hydrogen) atoms. The van der Waals surface area contributed by atoms with Crippen LogP contribution in [0.15, 0.2) is 12.7 Å². The number of rotatable bonds is 3. The number of halogens is 1. The van der Waals surface area contributed by atoms with E-state index in [2.05, 4.69) is 23.5 Å². The van der Waals surface area contributed by atoms with Crippen molar-refractivity contribution in [3.8, 4) is 0 Å². The van der Waals surface area contributed by atoms with E-state index in [1.54, 1.807) is 0 Å². The lowest BCUT2D eigenvalue weighted by Crippen LogP contribution is -2.04. The van der Waals surface area contributed by atoms with Gasteiger partial charge in [-0.1, -0.05) is 37.4 Å². The standard InChI is InChI=1S/C6H12.C4H6ClN5/c1-3-5-6-4-2;5-2-1(6)3(7)10-4(8)9-2/h3H,1,4-6H2,2H3;6H2,(H4,7,8,9,10). The Morgan fingerprint density at radius 3 is 2.31 bits per heavy atom. The molecule has 1 heterocycles. The van der Waals surface area contributed by atoms with E-state index < -0.39 is 0 Å². The van der Waals surface area contributed by atoms with E-state index in [0.717, 1.165) is 0 Å². The van der Waals surface area contributed by atoms with Crippen molar-refractivity contribution in [3.63, 3.8) is 0 Å². The number of unbranched alkanes of at least 4 members (excludes halogenated alkanes) is 2. The van der Waals surface area contributed by atoms with Crippen LogP contribution < -0.4 is 17.2 Å². The number of aromatic nitrogens is 2. The lowest BCUT2D eigenvalue weighted by atomic mass is 10.3. The molecule has 0 aliphatic rings. The van der Waals surface area contributed by atoms with Gasteiger partial charge in [-0.25, -0.2) is 0 Å². The Morgan fingerprint density at radius 1 is 1.31 bits per heavy atom. The van der Waals surface area contributed by atoms with Crippen LogP contribution >= 0.6 is 11.6 Å².